The number of H-pyrrole nitrogens is 1. The van der Waals surface area contributed by atoms with E-state index in [1.165, 1.54) is 11.1 Å². The second kappa shape index (κ2) is 4.74. The van der Waals surface area contributed by atoms with Gasteiger partial charge < -0.3 is 4.90 Å². The highest BCUT2D eigenvalue weighted by molar-refractivity contribution is 6.04. The maximum Gasteiger partial charge on any atom is 0.275 e. The van der Waals surface area contributed by atoms with Gasteiger partial charge in [-0.1, -0.05) is 42.5 Å². The van der Waals surface area contributed by atoms with Crippen LogP contribution in [0.5, 0.6) is 0 Å². The lowest BCUT2D eigenvalue weighted by Gasteiger charge is -2.28. The van der Waals surface area contributed by atoms with E-state index in [1.54, 1.807) is 0 Å². The minimum absolute atomic E-state index is 0.00181. The molecule has 1 aliphatic rings. The van der Waals surface area contributed by atoms with Crippen LogP contribution in [0.4, 0.5) is 0 Å². The van der Waals surface area contributed by atoms with Gasteiger partial charge in [0.15, 0.2) is 5.69 Å². The lowest BCUT2D eigenvalue weighted by molar-refractivity contribution is 0.0730. The summed E-state index contributed by atoms with van der Waals surface area (Å²) in [5.41, 5.74) is 3.99. The van der Waals surface area contributed by atoms with Crippen LogP contribution in [0, 0.1) is 0 Å². The Morgan fingerprint density at radius 3 is 2.71 bits per heavy atom. The molecule has 1 aliphatic heterocycles. The number of aromatic nitrogens is 2. The molecule has 0 spiro atoms. The van der Waals surface area contributed by atoms with Crippen molar-refractivity contribution in [2.45, 2.75) is 13.0 Å². The molecule has 2 heterocycles. The van der Waals surface area contributed by atoms with E-state index in [4.69, 9.17) is 0 Å². The van der Waals surface area contributed by atoms with Crippen molar-refractivity contribution < 1.29 is 4.79 Å². The number of carbonyl (C=O) groups is 1. The van der Waals surface area contributed by atoms with Gasteiger partial charge >= 0.3 is 0 Å². The first-order valence-corrected chi connectivity index (χ1v) is 7.12. The Labute approximate surface area is 122 Å². The topological polar surface area (TPSA) is 49.0 Å². The monoisotopic (exact) mass is 277 g/mol. The minimum Gasteiger partial charge on any atom is -0.333 e. The van der Waals surface area contributed by atoms with Crippen molar-refractivity contribution in [2.24, 2.45) is 0 Å². The number of hydrogen-bond donors (Lipinski definition) is 1. The summed E-state index contributed by atoms with van der Waals surface area (Å²) in [6, 6.07) is 16.0. The van der Waals surface area contributed by atoms with Crippen molar-refractivity contribution in [3.8, 4) is 0 Å². The van der Waals surface area contributed by atoms with Crippen molar-refractivity contribution in [1.82, 2.24) is 15.1 Å². The average Bonchev–Trinajstić information content (AvgIpc) is 2.98. The largest absolute Gasteiger partial charge is 0.333 e. The fourth-order valence-electron chi connectivity index (χ4n) is 2.95. The van der Waals surface area contributed by atoms with Crippen molar-refractivity contribution in [1.29, 1.82) is 0 Å². The van der Waals surface area contributed by atoms with Crippen molar-refractivity contribution in [3.05, 3.63) is 65.4 Å². The standard InChI is InChI=1S/C17H15N3O/c21-17(16-14-7-3-4-8-15(14)18-19-16)20-10-9-12-5-1-2-6-13(12)11-20/h1-8H,9-11H2,(H,18,19). The van der Waals surface area contributed by atoms with Gasteiger partial charge in [0, 0.05) is 18.5 Å². The summed E-state index contributed by atoms with van der Waals surface area (Å²) in [7, 11) is 0. The molecular weight excluding hydrogens is 262 g/mol. The number of para-hydroxylation sites is 1. The summed E-state index contributed by atoms with van der Waals surface area (Å²) in [4.78, 5) is 14.6. The Morgan fingerprint density at radius 2 is 1.81 bits per heavy atom. The third-order valence-corrected chi connectivity index (χ3v) is 4.09. The number of carbonyl (C=O) groups excluding carboxylic acids is 1. The maximum absolute atomic E-state index is 12.7. The van der Waals surface area contributed by atoms with E-state index < -0.39 is 0 Å². The fourth-order valence-corrected chi connectivity index (χ4v) is 2.95. The number of benzene rings is 2. The number of amides is 1. The van der Waals surface area contributed by atoms with Gasteiger partial charge in [0.1, 0.15) is 0 Å². The van der Waals surface area contributed by atoms with Gasteiger partial charge in [-0.15, -0.1) is 0 Å². The molecule has 104 valence electrons. The zero-order valence-corrected chi connectivity index (χ0v) is 11.5. The Bertz CT molecular complexity index is 822. The summed E-state index contributed by atoms with van der Waals surface area (Å²) in [5.74, 6) is 0.00181. The Kier molecular flexibility index (Phi) is 2.74. The highest BCUT2D eigenvalue weighted by Gasteiger charge is 2.24. The first-order valence-electron chi connectivity index (χ1n) is 7.12. The average molecular weight is 277 g/mol. The smallest absolute Gasteiger partial charge is 0.275 e. The Morgan fingerprint density at radius 1 is 1.05 bits per heavy atom. The zero-order valence-electron chi connectivity index (χ0n) is 11.5. The molecule has 1 aromatic heterocycles. The molecule has 0 atom stereocenters. The van der Waals surface area contributed by atoms with Gasteiger partial charge in [-0.2, -0.15) is 5.10 Å². The van der Waals surface area contributed by atoms with Crippen molar-refractivity contribution in [2.75, 3.05) is 6.54 Å². The summed E-state index contributed by atoms with van der Waals surface area (Å²) in [6.07, 6.45) is 0.907. The molecule has 1 amide bonds. The van der Waals surface area contributed by atoms with Crippen LogP contribution in [-0.4, -0.2) is 27.5 Å². The lowest BCUT2D eigenvalue weighted by atomic mass is 9.99. The molecule has 2 aromatic carbocycles. The van der Waals surface area contributed by atoms with Gasteiger partial charge in [-0.3, -0.25) is 9.89 Å². The maximum atomic E-state index is 12.7. The zero-order chi connectivity index (χ0) is 14.2. The molecule has 21 heavy (non-hydrogen) atoms. The number of fused-ring (bicyclic) bond motifs is 2. The van der Waals surface area contributed by atoms with Crippen LogP contribution in [0.1, 0.15) is 21.6 Å². The quantitative estimate of drug-likeness (QED) is 0.743. The normalized spacial score (nSPS) is 14.2. The van der Waals surface area contributed by atoms with Crippen molar-refractivity contribution in [3.63, 3.8) is 0 Å². The molecule has 3 aromatic rings. The predicted molar refractivity (Wildman–Crippen MR) is 81.0 cm³/mol. The van der Waals surface area contributed by atoms with Gasteiger partial charge in [0.2, 0.25) is 0 Å². The molecule has 0 saturated carbocycles. The first-order chi connectivity index (χ1) is 10.3. The van der Waals surface area contributed by atoms with E-state index in [0.29, 0.717) is 12.2 Å². The van der Waals surface area contributed by atoms with Gasteiger partial charge in [-0.25, -0.2) is 0 Å². The number of rotatable bonds is 1. The third-order valence-electron chi connectivity index (χ3n) is 4.09. The highest BCUT2D eigenvalue weighted by atomic mass is 16.2. The van der Waals surface area contributed by atoms with Gasteiger partial charge in [0.05, 0.1) is 5.52 Å². The molecule has 0 saturated heterocycles. The van der Waals surface area contributed by atoms with E-state index in [2.05, 4.69) is 28.4 Å². The second-order valence-corrected chi connectivity index (χ2v) is 5.36. The van der Waals surface area contributed by atoms with Crippen molar-refractivity contribution >= 4 is 16.8 Å². The van der Waals surface area contributed by atoms with Crippen LogP contribution >= 0.6 is 0 Å². The van der Waals surface area contributed by atoms with Crippen LogP contribution in [0.3, 0.4) is 0 Å². The number of nitrogens with zero attached hydrogens (tertiary/aromatic N) is 2. The van der Waals surface area contributed by atoms with E-state index >= 15 is 0 Å². The summed E-state index contributed by atoms with van der Waals surface area (Å²) >= 11 is 0. The SMILES string of the molecule is O=C(c1n[nH]c2ccccc12)N1CCc2ccccc2C1. The minimum atomic E-state index is 0.00181. The molecule has 0 bridgehead atoms. The van der Waals surface area contributed by atoms with E-state index in [1.807, 2.05) is 35.2 Å². The molecule has 0 unspecified atom stereocenters. The molecule has 1 N–H and O–H groups in total. The summed E-state index contributed by atoms with van der Waals surface area (Å²) in [6.45, 7) is 1.41. The predicted octanol–water partition coefficient (Wildman–Crippen LogP) is 2.76. The van der Waals surface area contributed by atoms with E-state index in [-0.39, 0.29) is 5.91 Å². The first kappa shape index (κ1) is 12.1. The molecule has 4 rings (SSSR count). The van der Waals surface area contributed by atoms with Crippen LogP contribution < -0.4 is 0 Å². The van der Waals surface area contributed by atoms with Crippen LogP contribution in [0.25, 0.3) is 10.9 Å². The fraction of sp³-hybridized carbons (Fsp3) is 0.176. The van der Waals surface area contributed by atoms with Crippen LogP contribution in [0.15, 0.2) is 48.5 Å². The molecular formula is C17H15N3O. The lowest BCUT2D eigenvalue weighted by Crippen LogP contribution is -2.36. The number of nitrogens with one attached hydrogen (secondary N) is 1. The van der Waals surface area contributed by atoms with Crippen LogP contribution in [-0.2, 0) is 13.0 Å². The van der Waals surface area contributed by atoms with Crippen LogP contribution in [0.2, 0.25) is 0 Å². The van der Waals surface area contributed by atoms with E-state index in [0.717, 1.165) is 23.9 Å². The van der Waals surface area contributed by atoms with Gasteiger partial charge in [0.25, 0.3) is 5.91 Å². The number of hydrogen-bond acceptors (Lipinski definition) is 2. The molecule has 0 fully saturated rings. The summed E-state index contributed by atoms with van der Waals surface area (Å²) in [5, 5.41) is 8.03. The Hall–Kier alpha value is -2.62. The molecule has 0 aliphatic carbocycles. The molecule has 4 heteroatoms. The highest BCUT2D eigenvalue weighted by Crippen LogP contribution is 2.22. The molecule has 4 nitrogen and oxygen atoms in total. The Balaban J connectivity index is 1.67. The third kappa shape index (κ3) is 2.00. The van der Waals surface area contributed by atoms with Gasteiger partial charge in [-0.05, 0) is 23.6 Å². The molecule has 0 radical (unpaired) electrons. The second-order valence-electron chi connectivity index (χ2n) is 5.36. The van der Waals surface area contributed by atoms with E-state index in [9.17, 15) is 4.79 Å². The number of aromatic amines is 1. The summed E-state index contributed by atoms with van der Waals surface area (Å²) < 4.78 is 0.